The van der Waals surface area contributed by atoms with Crippen LogP contribution in [0.2, 0.25) is 0 Å². The molecule has 7 heteroatoms. The van der Waals surface area contributed by atoms with Crippen LogP contribution in [-0.4, -0.2) is 36.3 Å². The molecule has 1 aliphatic heterocycles. The van der Waals surface area contributed by atoms with E-state index in [4.69, 9.17) is 0 Å². The fourth-order valence-electron chi connectivity index (χ4n) is 2.91. The van der Waals surface area contributed by atoms with Crippen LogP contribution in [0.1, 0.15) is 24.1 Å². The van der Waals surface area contributed by atoms with Crippen molar-refractivity contribution in [2.24, 2.45) is 0 Å². The topological polar surface area (TPSA) is 66.5 Å². The van der Waals surface area contributed by atoms with Crippen molar-refractivity contribution in [2.75, 3.05) is 11.6 Å². The van der Waals surface area contributed by atoms with E-state index in [0.29, 0.717) is 11.6 Å². The zero-order valence-corrected chi connectivity index (χ0v) is 16.2. The van der Waals surface area contributed by atoms with Crippen LogP contribution >= 0.6 is 11.8 Å². The standard InChI is InChI=1S/C19H22N2O3S2/c1-15(17-10-6-3-7-11-17)20-19(22)18-12-25-14-21(18)26(23,24)13-16-8-4-2-5-9-16/h2-11,15,18H,12-14H2,1H3,(H,20,22)/t15-,18+/m1/s1. The van der Waals surface area contributed by atoms with Gasteiger partial charge < -0.3 is 5.32 Å². The Morgan fingerprint density at radius 2 is 1.77 bits per heavy atom. The number of hydrogen-bond acceptors (Lipinski definition) is 4. The second kappa shape index (κ2) is 8.24. The lowest BCUT2D eigenvalue weighted by Gasteiger charge is -2.24. The van der Waals surface area contributed by atoms with Crippen molar-refractivity contribution in [3.8, 4) is 0 Å². The smallest absolute Gasteiger partial charge is 0.239 e. The summed E-state index contributed by atoms with van der Waals surface area (Å²) in [5.74, 6) is 0.448. The van der Waals surface area contributed by atoms with Crippen LogP contribution in [0, 0.1) is 0 Å². The van der Waals surface area contributed by atoms with Crippen LogP contribution < -0.4 is 5.32 Å². The van der Waals surface area contributed by atoms with Gasteiger partial charge in [0.05, 0.1) is 17.7 Å². The number of sulfonamides is 1. The second-order valence-electron chi connectivity index (χ2n) is 6.29. The fourth-order valence-corrected chi connectivity index (χ4v) is 6.23. The maximum atomic E-state index is 12.8. The minimum atomic E-state index is -3.56. The molecule has 5 nitrogen and oxygen atoms in total. The van der Waals surface area contributed by atoms with Gasteiger partial charge in [0.25, 0.3) is 0 Å². The average molecular weight is 391 g/mol. The quantitative estimate of drug-likeness (QED) is 0.824. The van der Waals surface area contributed by atoms with Crippen molar-refractivity contribution < 1.29 is 13.2 Å². The summed E-state index contributed by atoms with van der Waals surface area (Å²) in [7, 11) is -3.56. The molecular formula is C19H22N2O3S2. The molecule has 2 atom stereocenters. The number of thioether (sulfide) groups is 1. The molecule has 2 aromatic carbocycles. The zero-order chi connectivity index (χ0) is 18.6. The first-order chi connectivity index (χ1) is 12.5. The van der Waals surface area contributed by atoms with E-state index >= 15 is 0 Å². The third-order valence-electron chi connectivity index (χ3n) is 4.35. The molecule has 2 aromatic rings. The number of nitrogens with one attached hydrogen (secondary N) is 1. The molecule has 1 fully saturated rings. The molecule has 138 valence electrons. The van der Waals surface area contributed by atoms with Gasteiger partial charge in [-0.2, -0.15) is 4.31 Å². The second-order valence-corrected chi connectivity index (χ2v) is 9.21. The van der Waals surface area contributed by atoms with Crippen LogP contribution in [0.25, 0.3) is 0 Å². The number of benzene rings is 2. The normalized spacial score (nSPS) is 19.2. The van der Waals surface area contributed by atoms with Gasteiger partial charge in [0, 0.05) is 5.75 Å². The monoisotopic (exact) mass is 390 g/mol. The van der Waals surface area contributed by atoms with E-state index in [1.54, 1.807) is 12.1 Å². The molecule has 0 bridgehead atoms. The third-order valence-corrected chi connectivity index (χ3v) is 7.32. The van der Waals surface area contributed by atoms with Crippen molar-refractivity contribution in [3.05, 3.63) is 71.8 Å². The molecule has 0 spiro atoms. The van der Waals surface area contributed by atoms with E-state index in [1.165, 1.54) is 16.1 Å². The first-order valence-corrected chi connectivity index (χ1v) is 11.2. The Bertz CT molecular complexity index is 842. The average Bonchev–Trinajstić information content (AvgIpc) is 3.14. The number of rotatable bonds is 6. The highest BCUT2D eigenvalue weighted by atomic mass is 32.2. The Morgan fingerprint density at radius 3 is 2.42 bits per heavy atom. The number of carbonyl (C=O) groups is 1. The van der Waals surface area contributed by atoms with E-state index < -0.39 is 16.1 Å². The van der Waals surface area contributed by atoms with Crippen LogP contribution in [0.5, 0.6) is 0 Å². The summed E-state index contributed by atoms with van der Waals surface area (Å²) in [6.45, 7) is 1.90. The highest BCUT2D eigenvalue weighted by molar-refractivity contribution is 8.00. The molecule has 1 heterocycles. The van der Waals surface area contributed by atoms with Gasteiger partial charge in [0.2, 0.25) is 15.9 Å². The van der Waals surface area contributed by atoms with Gasteiger partial charge in [-0.25, -0.2) is 8.42 Å². The third kappa shape index (κ3) is 4.47. The Labute approximate surface area is 158 Å². The summed E-state index contributed by atoms with van der Waals surface area (Å²) >= 11 is 1.46. The molecule has 1 N–H and O–H groups in total. The molecule has 1 saturated heterocycles. The zero-order valence-electron chi connectivity index (χ0n) is 14.5. The summed E-state index contributed by atoms with van der Waals surface area (Å²) in [5.41, 5.74) is 1.71. The molecule has 1 amide bonds. The predicted molar refractivity (Wildman–Crippen MR) is 105 cm³/mol. The van der Waals surface area contributed by atoms with Gasteiger partial charge in [-0.1, -0.05) is 60.7 Å². The molecule has 1 aliphatic rings. The molecule has 0 radical (unpaired) electrons. The minimum Gasteiger partial charge on any atom is -0.348 e. The Kier molecular flexibility index (Phi) is 6.01. The lowest BCUT2D eigenvalue weighted by Crippen LogP contribution is -2.48. The van der Waals surface area contributed by atoms with Crippen LogP contribution in [0.3, 0.4) is 0 Å². The van der Waals surface area contributed by atoms with Gasteiger partial charge in [-0.3, -0.25) is 4.79 Å². The Balaban J connectivity index is 1.70. The molecule has 0 aromatic heterocycles. The fraction of sp³-hybridized carbons (Fsp3) is 0.316. The molecule has 3 rings (SSSR count). The van der Waals surface area contributed by atoms with Crippen molar-refractivity contribution >= 4 is 27.7 Å². The van der Waals surface area contributed by atoms with Crippen LogP contribution in [0.4, 0.5) is 0 Å². The minimum absolute atomic E-state index is 0.0909. The molecule has 0 unspecified atom stereocenters. The first kappa shape index (κ1) is 18.9. The lowest BCUT2D eigenvalue weighted by molar-refractivity contribution is -0.124. The summed E-state index contributed by atoms with van der Waals surface area (Å²) in [6.07, 6.45) is 0. The lowest BCUT2D eigenvalue weighted by atomic mass is 10.1. The molecule has 0 aliphatic carbocycles. The Hall–Kier alpha value is -1.83. The summed E-state index contributed by atoms with van der Waals surface area (Å²) in [4.78, 5) is 12.7. The van der Waals surface area contributed by atoms with E-state index in [9.17, 15) is 13.2 Å². The van der Waals surface area contributed by atoms with Gasteiger partial charge in [-0.05, 0) is 18.1 Å². The van der Waals surface area contributed by atoms with Crippen molar-refractivity contribution in [1.29, 1.82) is 0 Å². The molecule has 0 saturated carbocycles. The number of amides is 1. The predicted octanol–water partition coefficient (Wildman–Crippen LogP) is 2.77. The summed E-state index contributed by atoms with van der Waals surface area (Å²) in [5, 5.41) is 2.95. The van der Waals surface area contributed by atoms with E-state index in [0.717, 1.165) is 11.1 Å². The molecular weight excluding hydrogens is 368 g/mol. The van der Waals surface area contributed by atoms with E-state index in [2.05, 4.69) is 5.32 Å². The van der Waals surface area contributed by atoms with Crippen molar-refractivity contribution in [2.45, 2.75) is 24.8 Å². The van der Waals surface area contributed by atoms with E-state index in [-0.39, 0.29) is 17.7 Å². The Morgan fingerprint density at radius 1 is 1.15 bits per heavy atom. The highest BCUT2D eigenvalue weighted by Gasteiger charge is 2.39. The van der Waals surface area contributed by atoms with Crippen molar-refractivity contribution in [3.63, 3.8) is 0 Å². The van der Waals surface area contributed by atoms with Crippen molar-refractivity contribution in [1.82, 2.24) is 9.62 Å². The van der Waals surface area contributed by atoms with Gasteiger partial charge in [0.15, 0.2) is 0 Å². The number of hydrogen-bond donors (Lipinski definition) is 1. The summed E-state index contributed by atoms with van der Waals surface area (Å²) < 4.78 is 26.9. The summed E-state index contributed by atoms with van der Waals surface area (Å²) in [6, 6.07) is 17.8. The number of carbonyl (C=O) groups excluding carboxylic acids is 1. The van der Waals surface area contributed by atoms with Gasteiger partial charge >= 0.3 is 0 Å². The molecule has 26 heavy (non-hydrogen) atoms. The highest BCUT2D eigenvalue weighted by Crippen LogP contribution is 2.27. The largest absolute Gasteiger partial charge is 0.348 e. The number of nitrogens with zero attached hydrogens (tertiary/aromatic N) is 1. The first-order valence-electron chi connectivity index (χ1n) is 8.44. The van der Waals surface area contributed by atoms with Crippen LogP contribution in [-0.2, 0) is 20.6 Å². The maximum absolute atomic E-state index is 12.8. The van der Waals surface area contributed by atoms with E-state index in [1.807, 2.05) is 55.5 Å². The van der Waals surface area contributed by atoms with Gasteiger partial charge in [-0.15, -0.1) is 11.8 Å². The van der Waals surface area contributed by atoms with Gasteiger partial charge in [0.1, 0.15) is 6.04 Å². The SMILES string of the molecule is C[C@@H](NC(=O)[C@@H]1CSCN1S(=O)(=O)Cc1ccccc1)c1ccccc1. The maximum Gasteiger partial charge on any atom is 0.239 e. The van der Waals surface area contributed by atoms with Crippen LogP contribution in [0.15, 0.2) is 60.7 Å².